The summed E-state index contributed by atoms with van der Waals surface area (Å²) < 4.78 is 22.0. The second kappa shape index (κ2) is 6.93. The molecule has 1 aromatic heterocycles. The van der Waals surface area contributed by atoms with Crippen LogP contribution in [0.15, 0.2) is 30.3 Å². The lowest BCUT2D eigenvalue weighted by Crippen LogP contribution is -2.15. The Morgan fingerprint density at radius 3 is 2.52 bits per heavy atom. The van der Waals surface area contributed by atoms with Crippen LogP contribution in [0, 0.1) is 5.92 Å². The predicted molar refractivity (Wildman–Crippen MR) is 88.3 cm³/mol. The van der Waals surface area contributed by atoms with Crippen LogP contribution in [0.4, 0.5) is 5.69 Å². The van der Waals surface area contributed by atoms with Gasteiger partial charge in [0.15, 0.2) is 5.69 Å². The number of sulfonamides is 1. The number of nitrogens with zero attached hydrogens (tertiary/aromatic N) is 1. The second-order valence-electron chi connectivity index (χ2n) is 5.83. The molecule has 2 aromatic rings. The monoisotopic (exact) mass is 336 g/mol. The number of nitrogens with one attached hydrogen (secondary N) is 2. The summed E-state index contributed by atoms with van der Waals surface area (Å²) in [6.07, 6.45) is 0.822. The lowest BCUT2D eigenvalue weighted by molar-refractivity contribution is 0.102. The van der Waals surface area contributed by atoms with E-state index in [1.807, 2.05) is 0 Å². The number of hydrogen-bond donors (Lipinski definition) is 3. The zero-order chi connectivity index (χ0) is 17.0. The fourth-order valence-corrected chi connectivity index (χ4v) is 2.79. The molecule has 1 amide bonds. The highest BCUT2D eigenvalue weighted by molar-refractivity contribution is 7.88. The van der Waals surface area contributed by atoms with Crippen molar-refractivity contribution in [2.45, 2.75) is 26.0 Å². The van der Waals surface area contributed by atoms with Gasteiger partial charge in [0.05, 0.1) is 5.75 Å². The molecule has 0 saturated heterocycles. The average molecular weight is 336 g/mol. The summed E-state index contributed by atoms with van der Waals surface area (Å²) in [5.74, 6) is -0.0905. The topological polar surface area (TPSA) is 118 Å². The highest BCUT2D eigenvalue weighted by Crippen LogP contribution is 2.13. The number of aromatic amines is 1. The highest BCUT2D eigenvalue weighted by atomic mass is 32.2. The number of hydrogen-bond acceptors (Lipinski definition) is 4. The standard InChI is InChI=1S/C15H20N4O3S/c1-10(2)7-13-8-14(19-18-13)15(20)17-12-5-3-11(4-6-12)9-23(16,21)22/h3-6,8,10H,7,9H2,1-2H3,(H,17,20)(H,18,19)(H2,16,21,22). The van der Waals surface area contributed by atoms with Gasteiger partial charge >= 0.3 is 0 Å². The number of carbonyl (C=O) groups is 1. The minimum absolute atomic E-state index is 0.237. The van der Waals surface area contributed by atoms with Crippen LogP contribution in [0.3, 0.4) is 0 Å². The molecule has 0 atom stereocenters. The Labute approximate surface area is 135 Å². The molecule has 0 spiro atoms. The van der Waals surface area contributed by atoms with Gasteiger partial charge in [-0.25, -0.2) is 13.6 Å². The van der Waals surface area contributed by atoms with E-state index < -0.39 is 10.0 Å². The number of primary sulfonamides is 1. The SMILES string of the molecule is CC(C)Cc1cc(C(=O)Nc2ccc(CS(N)(=O)=O)cc2)n[nH]1. The molecule has 2 rings (SSSR count). The minimum Gasteiger partial charge on any atom is -0.321 e. The van der Waals surface area contributed by atoms with Gasteiger partial charge < -0.3 is 5.32 Å². The Kier molecular flexibility index (Phi) is 5.17. The number of rotatable bonds is 6. The van der Waals surface area contributed by atoms with E-state index in [9.17, 15) is 13.2 Å². The van der Waals surface area contributed by atoms with Gasteiger partial charge in [-0.2, -0.15) is 5.10 Å². The van der Waals surface area contributed by atoms with Crippen molar-refractivity contribution in [3.63, 3.8) is 0 Å². The molecule has 0 radical (unpaired) electrons. The minimum atomic E-state index is -3.56. The largest absolute Gasteiger partial charge is 0.321 e. The van der Waals surface area contributed by atoms with E-state index in [0.29, 0.717) is 22.9 Å². The normalized spacial score (nSPS) is 11.7. The third-order valence-corrected chi connectivity index (χ3v) is 3.81. The molecule has 0 bridgehead atoms. The first-order valence-corrected chi connectivity index (χ1v) is 8.89. The van der Waals surface area contributed by atoms with Crippen LogP contribution in [0.5, 0.6) is 0 Å². The maximum Gasteiger partial charge on any atom is 0.276 e. The Hall–Kier alpha value is -2.19. The Bertz CT molecular complexity index is 779. The van der Waals surface area contributed by atoms with Crippen LogP contribution < -0.4 is 10.5 Å². The fourth-order valence-electron chi connectivity index (χ4n) is 2.13. The van der Waals surface area contributed by atoms with Crippen molar-refractivity contribution in [2.75, 3.05) is 5.32 Å². The highest BCUT2D eigenvalue weighted by Gasteiger charge is 2.12. The van der Waals surface area contributed by atoms with Gasteiger partial charge in [-0.05, 0) is 36.1 Å². The quantitative estimate of drug-likeness (QED) is 0.743. The first kappa shape index (κ1) is 17.2. The molecule has 8 heteroatoms. The molecule has 0 aliphatic heterocycles. The number of amides is 1. The molecule has 7 nitrogen and oxygen atoms in total. The number of carbonyl (C=O) groups excluding carboxylic acids is 1. The molecule has 0 aliphatic rings. The van der Waals surface area contributed by atoms with E-state index in [-0.39, 0.29) is 11.7 Å². The number of H-pyrrole nitrogens is 1. The van der Waals surface area contributed by atoms with Crippen molar-refractivity contribution in [2.24, 2.45) is 11.1 Å². The molecular formula is C15H20N4O3S. The lowest BCUT2D eigenvalue weighted by Gasteiger charge is -2.04. The number of anilines is 1. The Morgan fingerprint density at radius 1 is 1.30 bits per heavy atom. The van der Waals surface area contributed by atoms with Crippen LogP contribution in [-0.2, 0) is 22.2 Å². The van der Waals surface area contributed by atoms with Gasteiger partial charge in [-0.15, -0.1) is 0 Å². The van der Waals surface area contributed by atoms with Crippen LogP contribution in [-0.4, -0.2) is 24.5 Å². The number of aromatic nitrogens is 2. The van der Waals surface area contributed by atoms with Crippen molar-refractivity contribution < 1.29 is 13.2 Å². The first-order chi connectivity index (χ1) is 10.7. The van der Waals surface area contributed by atoms with E-state index in [2.05, 4.69) is 29.4 Å². The third-order valence-electron chi connectivity index (χ3n) is 3.07. The lowest BCUT2D eigenvalue weighted by atomic mass is 10.1. The van der Waals surface area contributed by atoms with Crippen LogP contribution >= 0.6 is 0 Å². The number of benzene rings is 1. The summed E-state index contributed by atoms with van der Waals surface area (Å²) in [5.41, 5.74) is 2.34. The summed E-state index contributed by atoms with van der Waals surface area (Å²) in [6.45, 7) is 4.17. The van der Waals surface area contributed by atoms with Gasteiger partial charge in [0.1, 0.15) is 0 Å². The maximum absolute atomic E-state index is 12.1. The van der Waals surface area contributed by atoms with Gasteiger partial charge in [0.2, 0.25) is 10.0 Å². The van der Waals surface area contributed by atoms with Gasteiger partial charge in [0.25, 0.3) is 5.91 Å². The van der Waals surface area contributed by atoms with Crippen molar-refractivity contribution >= 4 is 21.6 Å². The smallest absolute Gasteiger partial charge is 0.276 e. The molecule has 1 aromatic carbocycles. The van der Waals surface area contributed by atoms with E-state index in [1.54, 1.807) is 30.3 Å². The molecule has 124 valence electrons. The van der Waals surface area contributed by atoms with Gasteiger partial charge in [-0.3, -0.25) is 9.89 Å². The van der Waals surface area contributed by atoms with Crippen molar-refractivity contribution in [3.05, 3.63) is 47.3 Å². The third kappa shape index (κ3) is 5.50. The molecule has 23 heavy (non-hydrogen) atoms. The Morgan fingerprint density at radius 2 is 1.96 bits per heavy atom. The molecule has 1 heterocycles. The van der Waals surface area contributed by atoms with E-state index in [1.165, 1.54) is 0 Å². The summed E-state index contributed by atoms with van der Waals surface area (Å²) in [6, 6.07) is 8.19. The summed E-state index contributed by atoms with van der Waals surface area (Å²) in [5, 5.41) is 14.5. The zero-order valence-corrected chi connectivity index (χ0v) is 13.9. The maximum atomic E-state index is 12.1. The second-order valence-corrected chi connectivity index (χ2v) is 7.45. The van der Waals surface area contributed by atoms with E-state index >= 15 is 0 Å². The fraction of sp³-hybridized carbons (Fsp3) is 0.333. The first-order valence-electron chi connectivity index (χ1n) is 7.18. The molecule has 0 saturated carbocycles. The van der Waals surface area contributed by atoms with Crippen molar-refractivity contribution in [1.29, 1.82) is 0 Å². The molecular weight excluding hydrogens is 316 g/mol. The van der Waals surface area contributed by atoms with Crippen LogP contribution in [0.25, 0.3) is 0 Å². The van der Waals surface area contributed by atoms with Crippen LogP contribution in [0.1, 0.15) is 35.6 Å². The zero-order valence-electron chi connectivity index (χ0n) is 13.0. The van der Waals surface area contributed by atoms with E-state index in [4.69, 9.17) is 5.14 Å². The summed E-state index contributed by atoms with van der Waals surface area (Å²) >= 11 is 0. The molecule has 0 fully saturated rings. The van der Waals surface area contributed by atoms with Gasteiger partial charge in [0, 0.05) is 11.4 Å². The molecule has 0 aliphatic carbocycles. The van der Waals surface area contributed by atoms with Gasteiger partial charge in [-0.1, -0.05) is 26.0 Å². The average Bonchev–Trinajstić information content (AvgIpc) is 2.87. The Balaban J connectivity index is 2.01. The van der Waals surface area contributed by atoms with Crippen molar-refractivity contribution in [1.82, 2.24) is 10.2 Å². The molecule has 0 unspecified atom stereocenters. The molecule has 4 N–H and O–H groups in total. The van der Waals surface area contributed by atoms with Crippen LogP contribution in [0.2, 0.25) is 0 Å². The number of nitrogens with two attached hydrogens (primary N) is 1. The summed E-state index contributed by atoms with van der Waals surface area (Å²) in [7, 11) is -3.56. The van der Waals surface area contributed by atoms with E-state index in [0.717, 1.165) is 12.1 Å². The predicted octanol–water partition coefficient (Wildman–Crippen LogP) is 1.65. The summed E-state index contributed by atoms with van der Waals surface area (Å²) in [4.78, 5) is 12.1. The van der Waals surface area contributed by atoms with Crippen molar-refractivity contribution in [3.8, 4) is 0 Å².